The third kappa shape index (κ3) is 3.10. The number of nitrogens with zero attached hydrogens (tertiary/aromatic N) is 4. The van der Waals surface area contributed by atoms with Gasteiger partial charge in [0.25, 0.3) is 5.56 Å². The Kier molecular flexibility index (Phi) is 4.79. The molecule has 8 heteroatoms. The molecule has 0 saturated heterocycles. The van der Waals surface area contributed by atoms with Crippen molar-refractivity contribution in [2.75, 3.05) is 0 Å². The average Bonchev–Trinajstić information content (AvgIpc) is 3.40. The second-order valence-electron chi connectivity index (χ2n) is 7.82. The van der Waals surface area contributed by atoms with E-state index in [0.29, 0.717) is 11.8 Å². The fourth-order valence-corrected chi connectivity index (χ4v) is 6.76. The third-order valence-electron chi connectivity index (χ3n) is 5.85. The monoisotopic (exact) mass is 416 g/mol. The van der Waals surface area contributed by atoms with Gasteiger partial charge in [0.15, 0.2) is 5.16 Å². The number of thiophene rings is 1. The Morgan fingerprint density at radius 3 is 2.71 bits per heavy atom. The first kappa shape index (κ1) is 18.4. The third-order valence-corrected chi connectivity index (χ3v) is 8.09. The molecule has 3 aromatic rings. The Morgan fingerprint density at radius 1 is 1.18 bits per heavy atom. The molecule has 148 valence electrons. The molecule has 2 aliphatic carbocycles. The van der Waals surface area contributed by atoms with E-state index in [1.54, 1.807) is 30.0 Å². The maximum Gasteiger partial charge on any atom is 0.263 e. The predicted molar refractivity (Wildman–Crippen MR) is 111 cm³/mol. The summed E-state index contributed by atoms with van der Waals surface area (Å²) in [6.45, 7) is 3.83. The molecule has 5 rings (SSSR count). The fraction of sp³-hybridized carbons (Fsp3) is 0.600. The topological polar surface area (TPSA) is 73.8 Å². The van der Waals surface area contributed by atoms with E-state index in [4.69, 9.17) is 9.40 Å². The number of hydrogen-bond donors (Lipinski definition) is 0. The minimum Gasteiger partial charge on any atom is -0.424 e. The van der Waals surface area contributed by atoms with Crippen molar-refractivity contribution >= 4 is 33.3 Å². The zero-order valence-corrected chi connectivity index (χ0v) is 17.9. The van der Waals surface area contributed by atoms with Crippen LogP contribution >= 0.6 is 23.1 Å². The molecule has 0 radical (unpaired) electrons. The van der Waals surface area contributed by atoms with Crippen LogP contribution in [0, 0.1) is 6.92 Å². The van der Waals surface area contributed by atoms with E-state index < -0.39 is 0 Å². The van der Waals surface area contributed by atoms with Crippen LogP contribution in [0.15, 0.2) is 14.4 Å². The summed E-state index contributed by atoms with van der Waals surface area (Å²) in [6.07, 6.45) is 8.96. The molecule has 1 saturated carbocycles. The van der Waals surface area contributed by atoms with Crippen molar-refractivity contribution in [2.24, 2.45) is 0 Å². The van der Waals surface area contributed by atoms with E-state index in [0.717, 1.165) is 41.1 Å². The first-order valence-electron chi connectivity index (χ1n) is 10.1. The fourth-order valence-electron chi connectivity index (χ4n) is 4.45. The maximum absolute atomic E-state index is 13.7. The van der Waals surface area contributed by atoms with Gasteiger partial charge in [-0.1, -0.05) is 24.6 Å². The molecule has 1 fully saturated rings. The Hall–Kier alpha value is -1.67. The summed E-state index contributed by atoms with van der Waals surface area (Å²) < 4.78 is 7.60. The molecule has 28 heavy (non-hydrogen) atoms. The van der Waals surface area contributed by atoms with Crippen molar-refractivity contribution in [3.8, 4) is 0 Å². The van der Waals surface area contributed by atoms with Gasteiger partial charge in [-0.25, -0.2) is 4.98 Å². The summed E-state index contributed by atoms with van der Waals surface area (Å²) >= 11 is 3.28. The molecule has 0 aromatic carbocycles. The summed E-state index contributed by atoms with van der Waals surface area (Å²) in [4.78, 5) is 20.9. The molecule has 0 N–H and O–H groups in total. The van der Waals surface area contributed by atoms with Gasteiger partial charge in [-0.05, 0) is 51.0 Å². The van der Waals surface area contributed by atoms with Crippen molar-refractivity contribution in [1.29, 1.82) is 0 Å². The lowest BCUT2D eigenvalue weighted by atomic mass is 9.97. The lowest BCUT2D eigenvalue weighted by Gasteiger charge is -2.19. The zero-order chi connectivity index (χ0) is 19.3. The summed E-state index contributed by atoms with van der Waals surface area (Å²) in [7, 11) is 0. The highest BCUT2D eigenvalue weighted by Crippen LogP contribution is 2.40. The Morgan fingerprint density at radius 2 is 1.96 bits per heavy atom. The van der Waals surface area contributed by atoms with Crippen LogP contribution in [0.4, 0.5) is 0 Å². The quantitative estimate of drug-likeness (QED) is 0.440. The van der Waals surface area contributed by atoms with Crippen LogP contribution in [0.2, 0.25) is 0 Å². The Balaban J connectivity index is 1.64. The number of thioether (sulfide) groups is 1. The van der Waals surface area contributed by atoms with Gasteiger partial charge in [-0.15, -0.1) is 21.5 Å². The minimum atomic E-state index is -0.0483. The minimum absolute atomic E-state index is 0.0483. The number of aromatic nitrogens is 4. The molecule has 1 atom stereocenters. The van der Waals surface area contributed by atoms with Crippen molar-refractivity contribution in [3.05, 3.63) is 32.6 Å². The van der Waals surface area contributed by atoms with Crippen molar-refractivity contribution in [1.82, 2.24) is 19.7 Å². The van der Waals surface area contributed by atoms with Gasteiger partial charge < -0.3 is 4.42 Å². The number of hydrogen-bond acceptors (Lipinski definition) is 7. The Bertz CT molecular complexity index is 1080. The second-order valence-corrected chi connectivity index (χ2v) is 10.2. The molecule has 0 bridgehead atoms. The van der Waals surface area contributed by atoms with E-state index in [1.165, 1.54) is 36.1 Å². The van der Waals surface area contributed by atoms with E-state index in [-0.39, 0.29) is 16.9 Å². The summed E-state index contributed by atoms with van der Waals surface area (Å²) in [5.74, 6) is 1.14. The molecular weight excluding hydrogens is 392 g/mol. The zero-order valence-electron chi connectivity index (χ0n) is 16.2. The van der Waals surface area contributed by atoms with Crippen LogP contribution in [0.5, 0.6) is 0 Å². The molecule has 2 aliphatic rings. The SMILES string of the molecule is Cc1nnc(C(C)Sc2nc3sc4c(c3c(=O)n2C2CCCC2)CCCC4)o1. The molecule has 6 nitrogen and oxygen atoms in total. The van der Waals surface area contributed by atoms with Crippen molar-refractivity contribution < 1.29 is 4.42 Å². The largest absolute Gasteiger partial charge is 0.424 e. The Labute approximate surface area is 171 Å². The average molecular weight is 417 g/mol. The summed E-state index contributed by atoms with van der Waals surface area (Å²) in [5.41, 5.74) is 1.43. The van der Waals surface area contributed by atoms with Gasteiger partial charge >= 0.3 is 0 Å². The van der Waals surface area contributed by atoms with Crippen molar-refractivity contribution in [3.63, 3.8) is 0 Å². The highest BCUT2D eigenvalue weighted by Gasteiger charge is 2.28. The molecule has 0 spiro atoms. The highest BCUT2D eigenvalue weighted by atomic mass is 32.2. The second kappa shape index (κ2) is 7.30. The molecular formula is C20H24N4O2S2. The van der Waals surface area contributed by atoms with Crippen LogP contribution in [0.25, 0.3) is 10.2 Å². The number of aryl methyl sites for hydroxylation is 3. The van der Waals surface area contributed by atoms with E-state index in [9.17, 15) is 4.79 Å². The van der Waals surface area contributed by atoms with Crippen LogP contribution in [-0.2, 0) is 12.8 Å². The first-order valence-corrected chi connectivity index (χ1v) is 11.8. The molecule has 3 aromatic heterocycles. The van der Waals surface area contributed by atoms with Gasteiger partial charge in [0.05, 0.1) is 10.6 Å². The summed E-state index contributed by atoms with van der Waals surface area (Å²) in [6, 6.07) is 0.252. The standard InChI is InChI=1S/C20H24N4O2S2/c1-11(17-23-22-12(2)26-17)27-20-21-18-16(14-9-5-6-10-15(14)28-18)19(25)24(20)13-7-3-4-8-13/h11,13H,3-10H2,1-2H3. The van der Waals surface area contributed by atoms with Crippen LogP contribution in [0.3, 0.4) is 0 Å². The van der Waals surface area contributed by atoms with E-state index >= 15 is 0 Å². The van der Waals surface area contributed by atoms with Crippen LogP contribution in [-0.4, -0.2) is 19.7 Å². The van der Waals surface area contributed by atoms with Gasteiger partial charge in [0.1, 0.15) is 4.83 Å². The summed E-state index contributed by atoms with van der Waals surface area (Å²) in [5, 5.41) is 9.74. The molecule has 0 amide bonds. The molecule has 0 aliphatic heterocycles. The van der Waals surface area contributed by atoms with Crippen molar-refractivity contribution in [2.45, 2.75) is 81.7 Å². The van der Waals surface area contributed by atoms with E-state index in [2.05, 4.69) is 10.2 Å². The van der Waals surface area contributed by atoms with Gasteiger partial charge in [-0.3, -0.25) is 9.36 Å². The number of fused-ring (bicyclic) bond motifs is 3. The smallest absolute Gasteiger partial charge is 0.263 e. The normalized spacial score (nSPS) is 18.6. The van der Waals surface area contributed by atoms with Gasteiger partial charge in [-0.2, -0.15) is 0 Å². The predicted octanol–water partition coefficient (Wildman–Crippen LogP) is 5.00. The molecule has 3 heterocycles. The van der Waals surface area contributed by atoms with Crippen LogP contribution < -0.4 is 5.56 Å². The van der Waals surface area contributed by atoms with E-state index in [1.807, 2.05) is 11.5 Å². The van der Waals surface area contributed by atoms with Crippen LogP contribution in [0.1, 0.15) is 79.0 Å². The maximum atomic E-state index is 13.7. The van der Waals surface area contributed by atoms with Gasteiger partial charge in [0, 0.05) is 17.8 Å². The lowest BCUT2D eigenvalue weighted by Crippen LogP contribution is -2.27. The molecule has 1 unspecified atom stereocenters. The van der Waals surface area contributed by atoms with Gasteiger partial charge in [0.2, 0.25) is 11.8 Å². The lowest BCUT2D eigenvalue weighted by molar-refractivity contribution is 0.453. The first-order chi connectivity index (χ1) is 13.6. The number of rotatable bonds is 4. The highest BCUT2D eigenvalue weighted by molar-refractivity contribution is 7.99.